The van der Waals surface area contributed by atoms with Gasteiger partial charge in [0.2, 0.25) is 0 Å². The van der Waals surface area contributed by atoms with Gasteiger partial charge in [0.15, 0.2) is 0 Å². The Bertz CT molecular complexity index is 1580. The third-order valence-electron chi connectivity index (χ3n) is 7.12. The van der Waals surface area contributed by atoms with E-state index in [1.165, 1.54) is 19.3 Å². The molecule has 2 N–H and O–H groups in total. The molecule has 4 aliphatic rings. The molecule has 0 saturated carbocycles. The van der Waals surface area contributed by atoms with Gasteiger partial charge in [-0.15, -0.1) is 0 Å². The fourth-order valence-corrected chi connectivity index (χ4v) is 5.18. The molecule has 188 valence electrons. The van der Waals surface area contributed by atoms with Gasteiger partial charge in [-0.2, -0.15) is 0 Å². The van der Waals surface area contributed by atoms with Gasteiger partial charge in [-0.25, -0.2) is 15.0 Å². The Morgan fingerprint density at radius 2 is 1.53 bits per heavy atom. The maximum Gasteiger partial charge on any atom is 0.0907 e. The molecule has 5 heterocycles. The number of fused-ring (bicyclic) bond motifs is 5. The number of hydrogen-bond acceptors (Lipinski definition) is 4. The van der Waals surface area contributed by atoms with Crippen molar-refractivity contribution >= 4 is 28.8 Å². The molecule has 0 fully saturated rings. The van der Waals surface area contributed by atoms with Crippen molar-refractivity contribution in [3.05, 3.63) is 130 Å². The van der Waals surface area contributed by atoms with E-state index in [0.29, 0.717) is 17.0 Å². The predicted molar refractivity (Wildman–Crippen MR) is 157 cm³/mol. The van der Waals surface area contributed by atoms with E-state index < -0.39 is 0 Å². The van der Waals surface area contributed by atoms with E-state index in [1.807, 2.05) is 42.5 Å². The van der Waals surface area contributed by atoms with Gasteiger partial charge in [0, 0.05) is 22.5 Å². The molecule has 0 unspecified atom stereocenters. The first-order valence-electron chi connectivity index (χ1n) is 13.3. The third-order valence-corrected chi connectivity index (χ3v) is 7.12. The minimum absolute atomic E-state index is 0.601. The summed E-state index contributed by atoms with van der Waals surface area (Å²) < 4.78 is 0. The molecule has 0 atom stereocenters. The summed E-state index contributed by atoms with van der Waals surface area (Å²) in [6, 6.07) is 14.4. The number of aliphatic imine (C=N–C) groups is 3. The Morgan fingerprint density at radius 3 is 2.32 bits per heavy atom. The standard InChI is InChI=1S/C33H30N4O/c1-2-3-4-8-11-25-27-14-12-23(34-27)20-24-13-15-31(35-24)33(22-9-6-5-7-10-22)32-19-18-30(37-32)26(21-38)29-17-16-28(25)36-29/h5-7,9-10,12-21,35,38H,2-4,8,11H2,1H3/b23-20?,26-21-,28-25?,33-32?. The highest BCUT2D eigenvalue weighted by Gasteiger charge is 2.23. The van der Waals surface area contributed by atoms with Crippen LogP contribution in [0.1, 0.15) is 56.0 Å². The van der Waals surface area contributed by atoms with Crippen LogP contribution in [0, 0.1) is 0 Å². The summed E-state index contributed by atoms with van der Waals surface area (Å²) in [4.78, 5) is 18.5. The summed E-state index contributed by atoms with van der Waals surface area (Å²) in [5.41, 5.74) is 10.7. The Hall–Kier alpha value is -4.51. The van der Waals surface area contributed by atoms with E-state index in [4.69, 9.17) is 15.0 Å². The number of rotatable bonds is 6. The number of aromatic nitrogens is 1. The molecule has 0 saturated heterocycles. The second-order valence-corrected chi connectivity index (χ2v) is 9.73. The number of aliphatic hydroxyl groups is 1. The number of H-pyrrole nitrogens is 1. The van der Waals surface area contributed by atoms with Crippen LogP contribution in [-0.2, 0) is 0 Å². The lowest BCUT2D eigenvalue weighted by molar-refractivity contribution is 0.472. The fourth-order valence-electron chi connectivity index (χ4n) is 5.18. The molecule has 0 spiro atoms. The van der Waals surface area contributed by atoms with E-state index >= 15 is 0 Å². The summed E-state index contributed by atoms with van der Waals surface area (Å²) in [7, 11) is 0. The topological polar surface area (TPSA) is 73.1 Å². The maximum atomic E-state index is 10.3. The highest BCUT2D eigenvalue weighted by Crippen LogP contribution is 2.33. The molecule has 4 aliphatic heterocycles. The lowest BCUT2D eigenvalue weighted by Crippen LogP contribution is -2.07. The molecule has 6 rings (SSSR count). The Balaban J connectivity index is 1.52. The lowest BCUT2D eigenvalue weighted by atomic mass is 10.0. The quantitative estimate of drug-likeness (QED) is 0.309. The monoisotopic (exact) mass is 498 g/mol. The number of allylic oxidation sites excluding steroid dienone is 8. The number of nitrogens with zero attached hydrogens (tertiary/aromatic N) is 3. The number of aromatic amines is 1. The van der Waals surface area contributed by atoms with Crippen LogP contribution in [0.4, 0.5) is 0 Å². The van der Waals surface area contributed by atoms with Crippen LogP contribution in [0.2, 0.25) is 0 Å². The van der Waals surface area contributed by atoms with Crippen molar-refractivity contribution in [2.45, 2.75) is 39.0 Å². The summed E-state index contributed by atoms with van der Waals surface area (Å²) in [6.45, 7) is 2.23. The molecule has 0 radical (unpaired) electrons. The van der Waals surface area contributed by atoms with Gasteiger partial charge in [-0.05, 0) is 73.1 Å². The molecular weight excluding hydrogens is 468 g/mol. The Kier molecular flexibility index (Phi) is 6.57. The van der Waals surface area contributed by atoms with Crippen molar-refractivity contribution in [3.8, 4) is 0 Å². The molecular formula is C33H30N4O. The van der Waals surface area contributed by atoms with Gasteiger partial charge in [0.1, 0.15) is 0 Å². The second kappa shape index (κ2) is 10.5. The second-order valence-electron chi connectivity index (χ2n) is 9.73. The van der Waals surface area contributed by atoms with Gasteiger partial charge < -0.3 is 10.1 Å². The molecule has 5 nitrogen and oxygen atoms in total. The molecule has 1 aromatic heterocycles. The largest absolute Gasteiger partial charge is 0.515 e. The zero-order valence-corrected chi connectivity index (χ0v) is 21.5. The average molecular weight is 499 g/mol. The van der Waals surface area contributed by atoms with Crippen LogP contribution in [0.15, 0.2) is 128 Å². The highest BCUT2D eigenvalue weighted by molar-refractivity contribution is 6.33. The zero-order valence-electron chi connectivity index (χ0n) is 21.5. The van der Waals surface area contributed by atoms with Crippen molar-refractivity contribution in [2.75, 3.05) is 0 Å². The van der Waals surface area contributed by atoms with Crippen LogP contribution < -0.4 is 0 Å². The van der Waals surface area contributed by atoms with Gasteiger partial charge in [-0.1, -0.05) is 56.5 Å². The van der Waals surface area contributed by atoms with Gasteiger partial charge >= 0.3 is 0 Å². The molecule has 5 heteroatoms. The Labute approximate surface area is 223 Å². The third kappa shape index (κ3) is 4.63. The van der Waals surface area contributed by atoms with Crippen molar-refractivity contribution in [1.82, 2.24) is 4.98 Å². The van der Waals surface area contributed by atoms with E-state index in [-0.39, 0.29) is 0 Å². The number of unbranched alkanes of at least 4 members (excludes halogenated alkanes) is 3. The van der Waals surface area contributed by atoms with Crippen LogP contribution in [-0.4, -0.2) is 27.2 Å². The maximum absolute atomic E-state index is 10.3. The van der Waals surface area contributed by atoms with Crippen molar-refractivity contribution in [3.63, 3.8) is 0 Å². The van der Waals surface area contributed by atoms with Crippen LogP contribution >= 0.6 is 0 Å². The van der Waals surface area contributed by atoms with Gasteiger partial charge in [0.05, 0.1) is 46.1 Å². The molecule has 1 aromatic carbocycles. The average Bonchev–Trinajstić information content (AvgIpc) is 3.75. The van der Waals surface area contributed by atoms with Gasteiger partial charge in [0.25, 0.3) is 0 Å². The van der Waals surface area contributed by atoms with E-state index in [1.54, 1.807) is 0 Å². The van der Waals surface area contributed by atoms with E-state index in [2.05, 4.69) is 54.4 Å². The fraction of sp³-hybridized carbons (Fsp3) is 0.182. The zero-order chi connectivity index (χ0) is 25.9. The predicted octanol–water partition coefficient (Wildman–Crippen LogP) is 7.83. The summed E-state index contributed by atoms with van der Waals surface area (Å²) in [5.74, 6) is 0. The highest BCUT2D eigenvalue weighted by atomic mass is 16.2. The lowest BCUT2D eigenvalue weighted by Gasteiger charge is -2.09. The van der Waals surface area contributed by atoms with E-state index in [9.17, 15) is 5.11 Å². The van der Waals surface area contributed by atoms with Crippen molar-refractivity contribution < 1.29 is 5.11 Å². The molecule has 0 aliphatic carbocycles. The Morgan fingerprint density at radius 1 is 0.763 bits per heavy atom. The minimum atomic E-state index is 0.601. The van der Waals surface area contributed by atoms with Crippen LogP contribution in [0.25, 0.3) is 11.6 Å². The summed E-state index contributed by atoms with van der Waals surface area (Å²) in [6.07, 6.45) is 20.9. The summed E-state index contributed by atoms with van der Waals surface area (Å²) in [5, 5.41) is 10.3. The SMILES string of the molecule is CCCCCCC1=C2C=CC(=N2)/C(=C/O)C2=NC(=C(c3ccccc3)c3ccc([nH]3)C=C3C=CC1=N3)C=C2. The van der Waals surface area contributed by atoms with Crippen LogP contribution in [0.3, 0.4) is 0 Å². The van der Waals surface area contributed by atoms with Gasteiger partial charge in [-0.3, -0.25) is 0 Å². The molecule has 2 aromatic rings. The van der Waals surface area contributed by atoms with Crippen molar-refractivity contribution in [2.24, 2.45) is 15.0 Å². The normalized spacial score (nSPS) is 18.9. The number of nitrogens with one attached hydrogen (secondary N) is 1. The first kappa shape index (κ1) is 23.9. The minimum Gasteiger partial charge on any atom is -0.515 e. The summed E-state index contributed by atoms with van der Waals surface area (Å²) >= 11 is 0. The first-order chi connectivity index (χ1) is 18.7. The number of benzene rings is 1. The number of hydrogen-bond donors (Lipinski definition) is 2. The first-order valence-corrected chi connectivity index (χ1v) is 13.3. The molecule has 38 heavy (non-hydrogen) atoms. The molecule has 0 amide bonds. The smallest absolute Gasteiger partial charge is 0.0907 e. The van der Waals surface area contributed by atoms with Crippen LogP contribution in [0.5, 0.6) is 0 Å². The van der Waals surface area contributed by atoms with Crippen molar-refractivity contribution in [1.29, 1.82) is 0 Å². The number of aliphatic hydroxyl groups excluding tert-OH is 1. The van der Waals surface area contributed by atoms with E-state index in [0.717, 1.165) is 70.0 Å². The molecule has 8 bridgehead atoms.